The standard InChI is InChI=1S/C24H24N2O5/c1-6-18-11-13-19(14-12-18)23(26-30-5)17(2)25-31-15-20-9-7-8-10-21(20)22(16-28-3)24(27)29-4/h1,7-14,16H,15H2,2-5H3/b22-16+,25-17+,26-23-/i1T. The second-order valence-corrected chi connectivity index (χ2v) is 6.19. The third kappa shape index (κ3) is 6.21. The number of terminal acetylenes is 1. The maximum Gasteiger partial charge on any atom is 0.341 e. The van der Waals surface area contributed by atoms with Gasteiger partial charge in [-0.25, -0.2) is 4.79 Å². The molecule has 0 amide bonds. The Hall–Kier alpha value is -4.05. The molecule has 0 heterocycles. The molecule has 0 fully saturated rings. The van der Waals surface area contributed by atoms with Gasteiger partial charge in [-0.05, 0) is 24.6 Å². The highest BCUT2D eigenvalue weighted by Crippen LogP contribution is 2.22. The molecule has 2 aromatic rings. The predicted octanol–water partition coefficient (Wildman–Crippen LogP) is 3.77. The molecule has 7 nitrogen and oxygen atoms in total. The van der Waals surface area contributed by atoms with Crippen LogP contribution in [0.1, 0.15) is 30.5 Å². The molecule has 2 rings (SSSR count). The van der Waals surface area contributed by atoms with E-state index in [0.717, 1.165) is 11.1 Å². The van der Waals surface area contributed by atoms with Crippen LogP contribution in [0.4, 0.5) is 0 Å². The van der Waals surface area contributed by atoms with Crippen LogP contribution in [0.5, 0.6) is 0 Å². The summed E-state index contributed by atoms with van der Waals surface area (Å²) in [6.07, 6.45) is 3.45. The molecule has 0 saturated heterocycles. The van der Waals surface area contributed by atoms with Crippen molar-refractivity contribution in [1.29, 1.82) is 0 Å². The molecule has 31 heavy (non-hydrogen) atoms. The van der Waals surface area contributed by atoms with Crippen LogP contribution in [0.25, 0.3) is 5.57 Å². The minimum atomic E-state index is -0.521. The second kappa shape index (κ2) is 11.8. The van der Waals surface area contributed by atoms with Crippen LogP contribution in [-0.4, -0.2) is 38.7 Å². The fourth-order valence-corrected chi connectivity index (χ4v) is 2.73. The number of hydrogen-bond acceptors (Lipinski definition) is 7. The molecule has 2 aromatic carbocycles. The lowest BCUT2D eigenvalue weighted by molar-refractivity contribution is -0.133. The molecule has 0 aliphatic carbocycles. The van der Waals surface area contributed by atoms with E-state index in [0.29, 0.717) is 22.6 Å². The van der Waals surface area contributed by atoms with E-state index in [1.807, 2.05) is 24.3 Å². The molecule has 0 saturated carbocycles. The second-order valence-electron chi connectivity index (χ2n) is 6.19. The van der Waals surface area contributed by atoms with Crippen LogP contribution >= 0.6 is 0 Å². The number of rotatable bonds is 9. The summed E-state index contributed by atoms with van der Waals surface area (Å²) in [5.41, 5.74) is 4.06. The minimum Gasteiger partial charge on any atom is -0.503 e. The van der Waals surface area contributed by atoms with Crippen molar-refractivity contribution in [1.82, 2.24) is 0 Å². The van der Waals surface area contributed by atoms with E-state index in [9.17, 15) is 4.79 Å². The molecular formula is C24H24N2O5. The van der Waals surface area contributed by atoms with Gasteiger partial charge in [-0.15, -0.1) is 6.40 Å². The molecule has 0 aromatic heterocycles. The molecule has 0 spiro atoms. The molecule has 160 valence electrons. The Morgan fingerprint density at radius 3 is 2.52 bits per heavy atom. The number of methoxy groups -OCH3 is 2. The molecule has 0 unspecified atom stereocenters. The van der Waals surface area contributed by atoms with Crippen LogP contribution in [0.3, 0.4) is 0 Å². The Bertz CT molecular complexity index is 1080. The summed E-state index contributed by atoms with van der Waals surface area (Å²) in [7, 11) is 4.21. The third-order valence-electron chi connectivity index (χ3n) is 4.20. The number of nitrogens with zero attached hydrogens (tertiary/aromatic N) is 2. The van der Waals surface area contributed by atoms with Crippen molar-refractivity contribution in [2.24, 2.45) is 10.3 Å². The van der Waals surface area contributed by atoms with Gasteiger partial charge < -0.3 is 19.1 Å². The summed E-state index contributed by atoms with van der Waals surface area (Å²) in [5.74, 6) is 2.15. The maximum absolute atomic E-state index is 12.1. The highest BCUT2D eigenvalue weighted by atomic mass is 16.6. The number of benzene rings is 2. The smallest absolute Gasteiger partial charge is 0.341 e. The van der Waals surface area contributed by atoms with E-state index >= 15 is 0 Å². The average Bonchev–Trinajstić information content (AvgIpc) is 2.82. The zero-order valence-corrected chi connectivity index (χ0v) is 17.8. The van der Waals surface area contributed by atoms with E-state index in [4.69, 9.17) is 20.5 Å². The van der Waals surface area contributed by atoms with Crippen molar-refractivity contribution in [3.05, 3.63) is 77.0 Å². The summed E-state index contributed by atoms with van der Waals surface area (Å²) >= 11 is 0. The normalized spacial score (nSPS) is 12.3. The molecule has 0 atom stereocenters. The first-order chi connectivity index (χ1) is 15.5. The van der Waals surface area contributed by atoms with Crippen molar-refractivity contribution < 1.29 is 25.3 Å². The zero-order valence-electron chi connectivity index (χ0n) is 18.8. The largest absolute Gasteiger partial charge is 0.503 e. The summed E-state index contributed by atoms with van der Waals surface area (Å²) < 4.78 is 16.9. The van der Waals surface area contributed by atoms with Gasteiger partial charge in [0.25, 0.3) is 0 Å². The average molecular weight is 422 g/mol. The minimum absolute atomic E-state index is 0.101. The first kappa shape index (κ1) is 21.7. The van der Waals surface area contributed by atoms with E-state index in [-0.39, 0.29) is 12.2 Å². The molecule has 0 bridgehead atoms. The third-order valence-corrected chi connectivity index (χ3v) is 4.20. The summed E-state index contributed by atoms with van der Waals surface area (Å²) in [6.45, 7) is 1.84. The van der Waals surface area contributed by atoms with E-state index < -0.39 is 5.97 Å². The number of carbonyl (C=O) groups is 1. The maximum atomic E-state index is 12.1. The van der Waals surface area contributed by atoms with Crippen molar-refractivity contribution in [3.63, 3.8) is 0 Å². The van der Waals surface area contributed by atoms with E-state index in [1.54, 1.807) is 31.2 Å². The summed E-state index contributed by atoms with van der Waals surface area (Å²) in [5, 5.41) is 8.21. The number of oxime groups is 2. The quantitative estimate of drug-likeness (QED) is 0.154. The van der Waals surface area contributed by atoms with E-state index in [1.165, 1.54) is 27.6 Å². The van der Waals surface area contributed by atoms with Gasteiger partial charge in [0.15, 0.2) is 0 Å². The van der Waals surface area contributed by atoms with Crippen LogP contribution in [-0.2, 0) is 30.6 Å². The number of ether oxygens (including phenoxy) is 2. The van der Waals surface area contributed by atoms with Gasteiger partial charge in [0, 0.05) is 16.7 Å². The SMILES string of the molecule is [3H]C#Cc1ccc(C(=N\OC)/C(C)=N/OCc2ccccc2/C(=C\OC)C(=O)OC)cc1. The lowest BCUT2D eigenvalue weighted by atomic mass is 10.0. The van der Waals surface area contributed by atoms with Crippen molar-refractivity contribution >= 4 is 23.0 Å². The molecule has 7 heteroatoms. The van der Waals surface area contributed by atoms with Crippen LogP contribution < -0.4 is 0 Å². The highest BCUT2D eigenvalue weighted by molar-refractivity contribution is 6.47. The van der Waals surface area contributed by atoms with Crippen molar-refractivity contribution in [2.75, 3.05) is 21.3 Å². The first-order valence-corrected chi connectivity index (χ1v) is 9.26. The number of esters is 1. The van der Waals surface area contributed by atoms with Crippen molar-refractivity contribution in [3.8, 4) is 12.3 Å². The van der Waals surface area contributed by atoms with Crippen LogP contribution in [0, 0.1) is 12.3 Å². The van der Waals surface area contributed by atoms with Gasteiger partial charge in [-0.2, -0.15) is 0 Å². The molecule has 0 aliphatic rings. The number of carbonyl (C=O) groups excluding carboxylic acids is 1. The molecule has 0 aliphatic heterocycles. The Morgan fingerprint density at radius 1 is 1.13 bits per heavy atom. The van der Waals surface area contributed by atoms with E-state index in [2.05, 4.69) is 22.6 Å². The predicted molar refractivity (Wildman–Crippen MR) is 119 cm³/mol. The fourth-order valence-electron chi connectivity index (χ4n) is 2.73. The van der Waals surface area contributed by atoms with Gasteiger partial charge >= 0.3 is 5.97 Å². The van der Waals surface area contributed by atoms with Crippen LogP contribution in [0.15, 0.2) is 65.1 Å². The fraction of sp³-hybridized carbons (Fsp3) is 0.208. The van der Waals surface area contributed by atoms with Gasteiger partial charge in [-0.3, -0.25) is 0 Å². The van der Waals surface area contributed by atoms with Gasteiger partial charge in [-0.1, -0.05) is 52.6 Å². The summed E-state index contributed by atoms with van der Waals surface area (Å²) in [4.78, 5) is 22.7. The lowest BCUT2D eigenvalue weighted by Gasteiger charge is -2.11. The van der Waals surface area contributed by atoms with Crippen molar-refractivity contribution in [2.45, 2.75) is 13.5 Å². The molecule has 0 radical (unpaired) electrons. The van der Waals surface area contributed by atoms with Gasteiger partial charge in [0.1, 0.15) is 32.1 Å². The lowest BCUT2D eigenvalue weighted by Crippen LogP contribution is -2.13. The summed E-state index contributed by atoms with van der Waals surface area (Å²) in [6, 6.07) is 14.4. The van der Waals surface area contributed by atoms with Gasteiger partial charge in [0.05, 0.1) is 20.5 Å². The van der Waals surface area contributed by atoms with Crippen LogP contribution in [0.2, 0.25) is 0 Å². The number of hydrogen-bond donors (Lipinski definition) is 0. The first-order valence-electron chi connectivity index (χ1n) is 9.76. The highest BCUT2D eigenvalue weighted by Gasteiger charge is 2.17. The molecule has 0 N–H and O–H groups in total. The Balaban J connectivity index is 2.24. The topological polar surface area (TPSA) is 78.7 Å². The molecular weight excluding hydrogens is 396 g/mol. The monoisotopic (exact) mass is 422 g/mol. The van der Waals surface area contributed by atoms with Gasteiger partial charge in [0.2, 0.25) is 0 Å². The Labute approximate surface area is 183 Å². The Kier molecular flexibility index (Phi) is 8.26. The zero-order chi connectivity index (χ0) is 23.3. The Morgan fingerprint density at radius 2 is 1.87 bits per heavy atom.